The Hall–Kier alpha value is -2.99. The van der Waals surface area contributed by atoms with Crippen LogP contribution in [-0.4, -0.2) is 90.3 Å². The first-order valence-corrected chi connectivity index (χ1v) is 13.4. The molecule has 11 nitrogen and oxygen atoms in total. The van der Waals surface area contributed by atoms with Crippen molar-refractivity contribution >= 4 is 29.5 Å². The monoisotopic (exact) mass is 533 g/mol. The number of aromatic nitrogens is 5. The van der Waals surface area contributed by atoms with Gasteiger partial charge in [0.15, 0.2) is 5.16 Å². The van der Waals surface area contributed by atoms with Gasteiger partial charge in [0.05, 0.1) is 0 Å². The first-order chi connectivity index (χ1) is 17.5. The molecule has 204 valence electrons. The predicted octanol–water partition coefficient (Wildman–Crippen LogP) is 2.87. The lowest BCUT2D eigenvalue weighted by atomic mass is 9.95. The van der Waals surface area contributed by atoms with Gasteiger partial charge in [-0.1, -0.05) is 45.9 Å². The minimum Gasteiger partial charge on any atom is -0.478 e. The van der Waals surface area contributed by atoms with E-state index in [2.05, 4.69) is 53.8 Å². The number of thioether (sulfide) groups is 1. The molecule has 0 spiro atoms. The van der Waals surface area contributed by atoms with Gasteiger partial charge in [-0.3, -0.25) is 4.90 Å². The minimum absolute atomic E-state index is 0.0271. The number of aryl methyl sites for hydroxylation is 2. The summed E-state index contributed by atoms with van der Waals surface area (Å²) in [5.41, 5.74) is 1.14. The van der Waals surface area contributed by atoms with E-state index < -0.39 is 11.9 Å². The lowest BCUT2D eigenvalue weighted by molar-refractivity contribution is -0.134. The van der Waals surface area contributed by atoms with E-state index in [1.54, 1.807) is 18.1 Å². The predicted molar refractivity (Wildman–Crippen MR) is 144 cm³/mol. The van der Waals surface area contributed by atoms with Crippen LogP contribution < -0.4 is 4.90 Å². The van der Waals surface area contributed by atoms with Crippen LogP contribution in [0.3, 0.4) is 0 Å². The van der Waals surface area contributed by atoms with Crippen LogP contribution in [0.1, 0.15) is 52.1 Å². The topological polar surface area (TPSA) is 138 Å². The van der Waals surface area contributed by atoms with Gasteiger partial charge in [0.1, 0.15) is 18.0 Å². The van der Waals surface area contributed by atoms with Gasteiger partial charge >= 0.3 is 11.9 Å². The number of hydrogen-bond donors (Lipinski definition) is 2. The molecule has 0 aromatic carbocycles. The molecule has 0 saturated carbocycles. The van der Waals surface area contributed by atoms with Crippen molar-refractivity contribution in [2.75, 3.05) is 43.4 Å². The zero-order chi connectivity index (χ0) is 27.4. The molecule has 3 heterocycles. The number of rotatable bonds is 10. The molecule has 1 aliphatic heterocycles. The van der Waals surface area contributed by atoms with Crippen LogP contribution in [0.25, 0.3) is 0 Å². The van der Waals surface area contributed by atoms with Gasteiger partial charge in [-0.2, -0.15) is 0 Å². The molecule has 2 aromatic heterocycles. The third-order valence-electron chi connectivity index (χ3n) is 5.53. The number of carboxylic acids is 2. The molecule has 0 aliphatic carbocycles. The third-order valence-corrected chi connectivity index (χ3v) is 6.65. The molecule has 2 N–H and O–H groups in total. The maximum atomic E-state index is 9.55. The first kappa shape index (κ1) is 30.2. The molecule has 37 heavy (non-hydrogen) atoms. The third kappa shape index (κ3) is 10.9. The number of nitrogens with zero attached hydrogens (tertiary/aromatic N) is 7. The van der Waals surface area contributed by atoms with Crippen LogP contribution in [0, 0.1) is 0 Å². The highest BCUT2D eigenvalue weighted by Crippen LogP contribution is 2.24. The number of carboxylic acid groups (broad SMARTS) is 2. The van der Waals surface area contributed by atoms with E-state index in [0.717, 1.165) is 68.1 Å². The van der Waals surface area contributed by atoms with E-state index in [1.165, 1.54) is 12.1 Å². The van der Waals surface area contributed by atoms with Crippen molar-refractivity contribution in [3.63, 3.8) is 0 Å². The molecular weight excluding hydrogens is 494 g/mol. The summed E-state index contributed by atoms with van der Waals surface area (Å²) in [5.74, 6) is 0.626. The molecule has 0 unspecified atom stereocenters. The molecule has 2 aromatic rings. The largest absolute Gasteiger partial charge is 0.478 e. The Morgan fingerprint density at radius 1 is 1.08 bits per heavy atom. The summed E-state index contributed by atoms with van der Waals surface area (Å²) in [5, 5.41) is 24.7. The molecule has 1 saturated heterocycles. The van der Waals surface area contributed by atoms with Crippen LogP contribution in [0.5, 0.6) is 0 Å². The molecule has 3 rings (SSSR count). The lowest BCUT2D eigenvalue weighted by Gasteiger charge is -2.36. The second kappa shape index (κ2) is 14.7. The van der Waals surface area contributed by atoms with Crippen LogP contribution in [-0.2, 0) is 28.5 Å². The molecule has 1 aliphatic rings. The SMILES string of the molecule is CCCc1cc(N2CCN(CCCSc3nncn3C)CC2)nc(C(C)(C)C)n1.O=C(O)/C=C/C(=O)O. The fraction of sp³-hybridized carbons (Fsp3) is 0.600. The first-order valence-electron chi connectivity index (χ1n) is 12.5. The van der Waals surface area contributed by atoms with E-state index in [-0.39, 0.29) is 5.41 Å². The van der Waals surface area contributed by atoms with Gasteiger partial charge in [0.25, 0.3) is 0 Å². The van der Waals surface area contributed by atoms with Crippen LogP contribution in [0.15, 0.2) is 29.7 Å². The summed E-state index contributed by atoms with van der Waals surface area (Å²) in [6.07, 6.45) is 6.16. The highest BCUT2D eigenvalue weighted by Gasteiger charge is 2.23. The Morgan fingerprint density at radius 2 is 1.73 bits per heavy atom. The average Bonchev–Trinajstić information content (AvgIpc) is 3.25. The number of hydrogen-bond acceptors (Lipinski definition) is 9. The summed E-state index contributed by atoms with van der Waals surface area (Å²) in [7, 11) is 1.99. The zero-order valence-corrected chi connectivity index (χ0v) is 23.2. The highest BCUT2D eigenvalue weighted by molar-refractivity contribution is 7.99. The second-order valence-corrected chi connectivity index (χ2v) is 10.9. The van der Waals surface area contributed by atoms with Crippen molar-refractivity contribution in [3.8, 4) is 0 Å². The fourth-order valence-electron chi connectivity index (χ4n) is 3.56. The van der Waals surface area contributed by atoms with Crippen molar-refractivity contribution < 1.29 is 19.8 Å². The van der Waals surface area contributed by atoms with Gasteiger partial charge in [-0.05, 0) is 19.4 Å². The van der Waals surface area contributed by atoms with Gasteiger partial charge in [0, 0.05) is 68.3 Å². The number of anilines is 1. The Morgan fingerprint density at radius 3 is 2.24 bits per heavy atom. The molecule has 0 bridgehead atoms. The van der Waals surface area contributed by atoms with Crippen molar-refractivity contribution in [3.05, 3.63) is 36.1 Å². The smallest absolute Gasteiger partial charge is 0.328 e. The summed E-state index contributed by atoms with van der Waals surface area (Å²) in [4.78, 5) is 33.8. The van der Waals surface area contributed by atoms with Crippen molar-refractivity contribution in [2.45, 2.75) is 57.5 Å². The highest BCUT2D eigenvalue weighted by atomic mass is 32.2. The van der Waals surface area contributed by atoms with Gasteiger partial charge in [-0.25, -0.2) is 19.6 Å². The Labute approximate surface area is 223 Å². The van der Waals surface area contributed by atoms with Crippen LogP contribution >= 0.6 is 11.8 Å². The molecule has 1 fully saturated rings. The lowest BCUT2D eigenvalue weighted by Crippen LogP contribution is -2.47. The van der Waals surface area contributed by atoms with Crippen LogP contribution in [0.4, 0.5) is 5.82 Å². The summed E-state index contributed by atoms with van der Waals surface area (Å²) < 4.78 is 1.98. The Kier molecular flexibility index (Phi) is 12.0. The molecule has 0 atom stereocenters. The van der Waals surface area contributed by atoms with E-state index >= 15 is 0 Å². The number of carbonyl (C=O) groups is 2. The van der Waals surface area contributed by atoms with Crippen molar-refractivity contribution in [1.29, 1.82) is 0 Å². The molecular formula is C25H39N7O4S. The Balaban J connectivity index is 0.000000521. The van der Waals surface area contributed by atoms with Crippen LogP contribution in [0.2, 0.25) is 0 Å². The molecule has 0 radical (unpaired) electrons. The van der Waals surface area contributed by atoms with Crippen molar-refractivity contribution in [2.24, 2.45) is 7.05 Å². The Bertz CT molecular complexity index is 1030. The quantitative estimate of drug-likeness (QED) is 0.265. The van der Waals surface area contributed by atoms with E-state index in [1.807, 2.05) is 11.6 Å². The summed E-state index contributed by atoms with van der Waals surface area (Å²) in [6.45, 7) is 14.2. The van der Waals surface area contributed by atoms with Crippen molar-refractivity contribution in [1.82, 2.24) is 29.6 Å². The van der Waals surface area contributed by atoms with Gasteiger partial charge in [0.2, 0.25) is 0 Å². The molecule has 12 heteroatoms. The fourth-order valence-corrected chi connectivity index (χ4v) is 4.37. The maximum Gasteiger partial charge on any atom is 0.328 e. The number of piperazine rings is 1. The minimum atomic E-state index is -1.26. The maximum absolute atomic E-state index is 9.55. The van der Waals surface area contributed by atoms with Gasteiger partial charge < -0.3 is 19.7 Å². The standard InChI is InChI=1S/C21H35N7S.C4H4O4/c1-6-8-17-15-18(24-19(23-17)21(2,3)4)28-12-10-27(11-13-28)9-7-14-29-20-25-22-16-26(20)5;5-3(6)1-2-4(7)8/h15-16H,6-14H2,1-5H3;1-2H,(H,5,6)(H,7,8)/b;2-1+. The summed E-state index contributed by atoms with van der Waals surface area (Å²) in [6, 6.07) is 2.20. The normalized spacial score (nSPS) is 14.5. The van der Waals surface area contributed by atoms with Gasteiger partial charge in [-0.15, -0.1) is 10.2 Å². The second-order valence-electron chi connectivity index (χ2n) is 9.81. The van der Waals surface area contributed by atoms with E-state index in [0.29, 0.717) is 12.2 Å². The summed E-state index contributed by atoms with van der Waals surface area (Å²) >= 11 is 1.79. The van der Waals surface area contributed by atoms with E-state index in [4.69, 9.17) is 20.2 Å². The number of aliphatic carboxylic acids is 2. The zero-order valence-electron chi connectivity index (χ0n) is 22.4. The van der Waals surface area contributed by atoms with E-state index in [9.17, 15) is 9.59 Å². The molecule has 0 amide bonds. The average molecular weight is 534 g/mol.